The lowest BCUT2D eigenvalue weighted by Gasteiger charge is -2.10. The van der Waals surface area contributed by atoms with Gasteiger partial charge in [-0.15, -0.1) is 5.10 Å². The Morgan fingerprint density at radius 2 is 1.67 bits per heavy atom. The summed E-state index contributed by atoms with van der Waals surface area (Å²) in [7, 11) is 0. The number of hydrogen-bond donors (Lipinski definition) is 1. The molecule has 0 bridgehead atoms. The van der Waals surface area contributed by atoms with Crippen molar-refractivity contribution in [3.8, 4) is 17.1 Å². The summed E-state index contributed by atoms with van der Waals surface area (Å²) in [5.74, 6) is -0.265. The molecule has 0 spiro atoms. The summed E-state index contributed by atoms with van der Waals surface area (Å²) in [6.45, 7) is 3.96. The molecule has 162 valence electrons. The van der Waals surface area contributed by atoms with Crippen molar-refractivity contribution >= 4 is 22.4 Å². The van der Waals surface area contributed by atoms with Crippen molar-refractivity contribution in [1.29, 1.82) is 0 Å². The topological polar surface area (TPSA) is 59.8 Å². The molecule has 0 radical (unpaired) electrons. The molecule has 0 atom stereocenters. The van der Waals surface area contributed by atoms with Gasteiger partial charge in [0.1, 0.15) is 5.82 Å². The van der Waals surface area contributed by atoms with Gasteiger partial charge in [0, 0.05) is 16.6 Å². The molecule has 33 heavy (non-hydrogen) atoms. The zero-order chi connectivity index (χ0) is 22.9. The molecule has 1 N–H and O–H groups in total. The number of amides is 1. The van der Waals surface area contributed by atoms with E-state index in [0.29, 0.717) is 17.1 Å². The average Bonchev–Trinajstić information content (AvgIpc) is 3.27. The molecule has 5 aromatic rings. The maximum atomic E-state index is 13.5. The predicted molar refractivity (Wildman–Crippen MR) is 128 cm³/mol. The largest absolute Gasteiger partial charge is 0.319 e. The lowest BCUT2D eigenvalue weighted by atomic mass is 10.1. The molecule has 1 heterocycles. The number of aromatic nitrogens is 3. The van der Waals surface area contributed by atoms with E-state index in [9.17, 15) is 9.18 Å². The molecule has 5 rings (SSSR count). The van der Waals surface area contributed by atoms with Crippen LogP contribution in [0.5, 0.6) is 0 Å². The highest BCUT2D eigenvalue weighted by Gasteiger charge is 2.20. The Bertz CT molecular complexity index is 1480. The van der Waals surface area contributed by atoms with Crippen molar-refractivity contribution in [1.82, 2.24) is 14.8 Å². The van der Waals surface area contributed by atoms with Gasteiger partial charge in [-0.05, 0) is 66.8 Å². The Labute approximate surface area is 190 Å². The fraction of sp³-hybridized carbons (Fsp3) is 0.0741. The van der Waals surface area contributed by atoms with Crippen LogP contribution in [0.15, 0.2) is 84.9 Å². The summed E-state index contributed by atoms with van der Waals surface area (Å²) in [5.41, 5.74) is 4.19. The van der Waals surface area contributed by atoms with Crippen LogP contribution in [0.3, 0.4) is 0 Å². The summed E-state index contributed by atoms with van der Waals surface area (Å²) < 4.78 is 15.2. The molecular formula is C27H21FN4O. The van der Waals surface area contributed by atoms with E-state index < -0.39 is 5.91 Å². The Morgan fingerprint density at radius 1 is 0.909 bits per heavy atom. The molecule has 0 saturated carbocycles. The Morgan fingerprint density at radius 3 is 2.48 bits per heavy atom. The van der Waals surface area contributed by atoms with Crippen molar-refractivity contribution < 1.29 is 9.18 Å². The zero-order valence-electron chi connectivity index (χ0n) is 18.2. The first kappa shape index (κ1) is 20.6. The number of rotatable bonds is 4. The number of fused-ring (bicyclic) bond motifs is 1. The minimum Gasteiger partial charge on any atom is -0.319 e. The number of nitrogens with one attached hydrogen (secondary N) is 1. The van der Waals surface area contributed by atoms with E-state index >= 15 is 0 Å². The highest BCUT2D eigenvalue weighted by atomic mass is 19.1. The fourth-order valence-electron chi connectivity index (χ4n) is 3.82. The first-order valence-electron chi connectivity index (χ1n) is 10.6. The van der Waals surface area contributed by atoms with E-state index in [4.69, 9.17) is 0 Å². The van der Waals surface area contributed by atoms with Crippen LogP contribution in [-0.2, 0) is 0 Å². The van der Waals surface area contributed by atoms with E-state index in [-0.39, 0.29) is 11.6 Å². The smallest absolute Gasteiger partial charge is 0.295 e. The van der Waals surface area contributed by atoms with Crippen LogP contribution in [-0.4, -0.2) is 20.7 Å². The lowest BCUT2D eigenvalue weighted by Crippen LogP contribution is -2.14. The zero-order valence-corrected chi connectivity index (χ0v) is 18.2. The number of anilines is 1. The van der Waals surface area contributed by atoms with Crippen LogP contribution < -0.4 is 5.32 Å². The number of hydrogen-bond acceptors (Lipinski definition) is 3. The van der Waals surface area contributed by atoms with Gasteiger partial charge >= 0.3 is 0 Å². The molecule has 0 aliphatic rings. The molecule has 4 aromatic carbocycles. The van der Waals surface area contributed by atoms with Gasteiger partial charge in [-0.3, -0.25) is 4.79 Å². The summed E-state index contributed by atoms with van der Waals surface area (Å²) in [5, 5.41) is 9.46. The van der Waals surface area contributed by atoms with Crippen LogP contribution >= 0.6 is 0 Å². The summed E-state index contributed by atoms with van der Waals surface area (Å²) >= 11 is 0. The molecule has 0 aliphatic carbocycles. The van der Waals surface area contributed by atoms with Crippen molar-refractivity contribution in [2.24, 2.45) is 0 Å². The van der Waals surface area contributed by atoms with E-state index in [2.05, 4.69) is 15.4 Å². The molecule has 6 heteroatoms. The molecule has 0 aliphatic heterocycles. The third kappa shape index (κ3) is 3.99. The number of benzene rings is 4. The van der Waals surface area contributed by atoms with Gasteiger partial charge in [-0.1, -0.05) is 48.5 Å². The van der Waals surface area contributed by atoms with Crippen molar-refractivity contribution in [3.63, 3.8) is 0 Å². The Balaban J connectivity index is 1.60. The van der Waals surface area contributed by atoms with E-state index in [1.165, 1.54) is 12.1 Å². The van der Waals surface area contributed by atoms with E-state index in [1.807, 2.05) is 74.5 Å². The van der Waals surface area contributed by atoms with Crippen LogP contribution in [0.1, 0.15) is 21.7 Å². The van der Waals surface area contributed by atoms with E-state index in [0.717, 1.165) is 27.6 Å². The van der Waals surface area contributed by atoms with Crippen LogP contribution in [0.25, 0.3) is 27.8 Å². The second-order valence-corrected chi connectivity index (χ2v) is 7.95. The summed E-state index contributed by atoms with van der Waals surface area (Å²) in [6.07, 6.45) is 0. The lowest BCUT2D eigenvalue weighted by molar-refractivity contribution is 0.101. The van der Waals surface area contributed by atoms with Crippen LogP contribution in [0.2, 0.25) is 0 Å². The van der Waals surface area contributed by atoms with Crippen LogP contribution in [0.4, 0.5) is 10.1 Å². The molecule has 0 fully saturated rings. The molecular weight excluding hydrogens is 415 g/mol. The normalized spacial score (nSPS) is 11.0. The number of nitrogens with zero attached hydrogens (tertiary/aromatic N) is 3. The minimum atomic E-state index is -0.418. The molecule has 1 amide bonds. The first-order valence-corrected chi connectivity index (χ1v) is 10.6. The SMILES string of the molecule is Cc1ccc(C)c(-n2nc(C(=O)Nc3cccc4ccccc34)nc2-c2ccc(F)cc2)c1. The van der Waals surface area contributed by atoms with Crippen molar-refractivity contribution in [2.45, 2.75) is 13.8 Å². The second-order valence-electron chi connectivity index (χ2n) is 7.95. The second kappa shape index (κ2) is 8.31. The molecule has 1 aromatic heterocycles. The monoisotopic (exact) mass is 436 g/mol. The number of aryl methyl sites for hydroxylation is 2. The van der Waals surface area contributed by atoms with Gasteiger partial charge in [0.25, 0.3) is 5.91 Å². The van der Waals surface area contributed by atoms with Crippen molar-refractivity contribution in [3.05, 3.63) is 108 Å². The Kier molecular flexibility index (Phi) is 5.18. The average molecular weight is 436 g/mol. The highest BCUT2D eigenvalue weighted by Crippen LogP contribution is 2.26. The van der Waals surface area contributed by atoms with Gasteiger partial charge in [0.15, 0.2) is 5.82 Å². The molecule has 0 saturated heterocycles. The Hall–Kier alpha value is -4.32. The van der Waals surface area contributed by atoms with E-state index in [1.54, 1.807) is 16.8 Å². The minimum absolute atomic E-state index is 0.0307. The maximum Gasteiger partial charge on any atom is 0.295 e. The van der Waals surface area contributed by atoms with Gasteiger partial charge in [0.05, 0.1) is 5.69 Å². The summed E-state index contributed by atoms with van der Waals surface area (Å²) in [6, 6.07) is 25.6. The first-order chi connectivity index (χ1) is 16.0. The van der Waals surface area contributed by atoms with Crippen molar-refractivity contribution in [2.75, 3.05) is 5.32 Å². The third-order valence-corrected chi connectivity index (χ3v) is 5.54. The van der Waals surface area contributed by atoms with Gasteiger partial charge in [0.2, 0.25) is 5.82 Å². The number of halogens is 1. The molecule has 5 nitrogen and oxygen atoms in total. The maximum absolute atomic E-state index is 13.5. The van der Waals surface area contributed by atoms with Gasteiger partial charge < -0.3 is 5.32 Å². The third-order valence-electron chi connectivity index (χ3n) is 5.54. The van der Waals surface area contributed by atoms with Crippen LogP contribution in [0, 0.1) is 19.7 Å². The predicted octanol–water partition coefficient (Wildman–Crippen LogP) is 6.10. The fourth-order valence-corrected chi connectivity index (χ4v) is 3.82. The summed E-state index contributed by atoms with van der Waals surface area (Å²) in [4.78, 5) is 17.7. The number of carbonyl (C=O) groups is 1. The standard InChI is InChI=1S/C27H21FN4O/c1-17-10-11-18(2)24(16-17)32-26(20-12-14-21(28)15-13-20)30-25(31-32)27(33)29-23-9-5-7-19-6-3-4-8-22(19)23/h3-16H,1-2H3,(H,29,33). The van der Waals surface area contributed by atoms with Gasteiger partial charge in [-0.2, -0.15) is 0 Å². The van der Waals surface area contributed by atoms with Gasteiger partial charge in [-0.25, -0.2) is 14.1 Å². The number of carbonyl (C=O) groups excluding carboxylic acids is 1. The quantitative estimate of drug-likeness (QED) is 0.371. The highest BCUT2D eigenvalue weighted by molar-refractivity contribution is 6.07. The molecule has 0 unspecified atom stereocenters.